The van der Waals surface area contributed by atoms with Gasteiger partial charge < -0.3 is 4.74 Å². The second-order valence-corrected chi connectivity index (χ2v) is 9.57. The first-order valence-electron chi connectivity index (χ1n) is 9.82. The monoisotopic (exact) mass is 531 g/mol. The molecule has 0 aromatic heterocycles. The minimum Gasteiger partial charge on any atom is -0.461 e. The summed E-state index contributed by atoms with van der Waals surface area (Å²) in [6, 6.07) is 17.6. The first-order chi connectivity index (χ1) is 15.3. The molecule has 0 amide bonds. The van der Waals surface area contributed by atoms with Gasteiger partial charge in [-0.25, -0.2) is 5.01 Å². The minimum absolute atomic E-state index is 0.00963. The highest BCUT2D eigenvalue weighted by Gasteiger charge is 2.49. The van der Waals surface area contributed by atoms with Crippen LogP contribution in [0.2, 0.25) is 10.0 Å². The van der Waals surface area contributed by atoms with Gasteiger partial charge in [0.05, 0.1) is 21.7 Å². The second kappa shape index (κ2) is 7.76. The maximum Gasteiger partial charge on any atom is 0.269 e. The lowest BCUT2D eigenvalue weighted by Gasteiger charge is -2.46. The molecule has 5 rings (SSSR count). The summed E-state index contributed by atoms with van der Waals surface area (Å²) < 4.78 is 7.45. The standard InChI is InChI=1S/C23H16BrCl2N3O3/c1-23(14-4-8-17(9-5-14)29(30)31)28-21(18-10-16(25)11-19(26)22(18)32-23)12-20(27-28)13-2-6-15(24)7-3-13/h2-11,21H,12H2,1H3/t21-,23+/m0/s1. The molecule has 0 radical (unpaired) electrons. The van der Waals surface area contributed by atoms with E-state index in [0.29, 0.717) is 22.2 Å². The van der Waals surface area contributed by atoms with E-state index in [0.717, 1.165) is 26.9 Å². The Labute approximate surface area is 202 Å². The molecule has 0 spiro atoms. The average Bonchev–Trinajstić information content (AvgIpc) is 3.22. The molecule has 6 nitrogen and oxygen atoms in total. The fourth-order valence-corrected chi connectivity index (χ4v) is 5.04. The SMILES string of the molecule is C[C@]1(c2ccc([N+](=O)[O-])cc2)Oc2c(Cl)cc(Cl)cc2[C@@H]2CC(c3ccc(Br)cc3)=NN21. The third-order valence-electron chi connectivity index (χ3n) is 5.84. The second-order valence-electron chi connectivity index (χ2n) is 7.81. The number of nitro groups is 1. The van der Waals surface area contributed by atoms with Crippen molar-refractivity contribution in [2.45, 2.75) is 25.1 Å². The molecule has 3 aromatic rings. The van der Waals surface area contributed by atoms with Crippen molar-refractivity contribution >= 4 is 50.5 Å². The lowest BCUT2D eigenvalue weighted by Crippen LogP contribution is -2.48. The summed E-state index contributed by atoms with van der Waals surface area (Å²) in [6.07, 6.45) is 0.636. The Morgan fingerprint density at radius 1 is 1.16 bits per heavy atom. The minimum atomic E-state index is -1.03. The Morgan fingerprint density at radius 2 is 1.84 bits per heavy atom. The molecule has 2 atom stereocenters. The van der Waals surface area contributed by atoms with Crippen LogP contribution in [-0.4, -0.2) is 15.6 Å². The topological polar surface area (TPSA) is 68.0 Å². The fraction of sp³-hybridized carbons (Fsp3) is 0.174. The van der Waals surface area contributed by atoms with E-state index in [-0.39, 0.29) is 11.7 Å². The van der Waals surface area contributed by atoms with E-state index in [4.69, 9.17) is 33.0 Å². The molecule has 0 saturated heterocycles. The molecule has 2 aliphatic rings. The first-order valence-corrected chi connectivity index (χ1v) is 11.4. The third kappa shape index (κ3) is 3.45. The number of ether oxygens (including phenoxy) is 1. The van der Waals surface area contributed by atoms with Crippen molar-refractivity contribution in [3.8, 4) is 5.75 Å². The van der Waals surface area contributed by atoms with Crippen LogP contribution in [0.15, 0.2) is 70.2 Å². The number of nitro benzene ring substituents is 1. The van der Waals surface area contributed by atoms with Gasteiger partial charge in [0.15, 0.2) is 0 Å². The summed E-state index contributed by atoms with van der Waals surface area (Å²) in [4.78, 5) is 10.7. The molecule has 162 valence electrons. The van der Waals surface area contributed by atoms with Crippen LogP contribution in [-0.2, 0) is 5.72 Å². The maximum absolute atomic E-state index is 11.1. The number of rotatable bonds is 3. The van der Waals surface area contributed by atoms with Crippen molar-refractivity contribution in [1.82, 2.24) is 5.01 Å². The molecule has 2 heterocycles. The highest BCUT2D eigenvalue weighted by molar-refractivity contribution is 9.10. The largest absolute Gasteiger partial charge is 0.461 e. The molecule has 0 N–H and O–H groups in total. The fourth-order valence-electron chi connectivity index (χ4n) is 4.23. The summed E-state index contributed by atoms with van der Waals surface area (Å²) in [5, 5.41) is 18.9. The molecule has 0 unspecified atom stereocenters. The van der Waals surface area contributed by atoms with Crippen LogP contribution in [0, 0.1) is 10.1 Å². The van der Waals surface area contributed by atoms with E-state index in [2.05, 4.69) is 15.9 Å². The van der Waals surface area contributed by atoms with Gasteiger partial charge in [0.2, 0.25) is 5.72 Å². The molecule has 0 fully saturated rings. The van der Waals surface area contributed by atoms with E-state index in [1.165, 1.54) is 12.1 Å². The average molecular weight is 533 g/mol. The number of hydrogen-bond acceptors (Lipinski definition) is 5. The lowest BCUT2D eigenvalue weighted by molar-refractivity contribution is -0.384. The predicted molar refractivity (Wildman–Crippen MR) is 127 cm³/mol. The molecular formula is C23H16BrCl2N3O3. The van der Waals surface area contributed by atoms with Gasteiger partial charge in [0.1, 0.15) is 5.75 Å². The number of halogens is 3. The maximum atomic E-state index is 11.1. The number of non-ortho nitro benzene ring substituents is 1. The van der Waals surface area contributed by atoms with E-state index >= 15 is 0 Å². The van der Waals surface area contributed by atoms with Crippen LogP contribution in [0.25, 0.3) is 0 Å². The Bertz CT molecular complexity index is 1260. The molecular weight excluding hydrogens is 517 g/mol. The molecule has 32 heavy (non-hydrogen) atoms. The molecule has 0 saturated carbocycles. The Kier molecular flexibility index (Phi) is 5.15. The van der Waals surface area contributed by atoms with Gasteiger partial charge in [-0.1, -0.05) is 51.3 Å². The van der Waals surface area contributed by atoms with Crippen LogP contribution in [0.3, 0.4) is 0 Å². The van der Waals surface area contributed by atoms with Crippen LogP contribution >= 0.6 is 39.1 Å². The van der Waals surface area contributed by atoms with E-state index < -0.39 is 10.6 Å². The van der Waals surface area contributed by atoms with E-state index in [1.807, 2.05) is 42.3 Å². The Balaban J connectivity index is 1.65. The molecule has 0 bridgehead atoms. The van der Waals surface area contributed by atoms with Gasteiger partial charge >= 0.3 is 0 Å². The predicted octanol–water partition coefficient (Wildman–Crippen LogP) is 7.08. The number of hydrogen-bond donors (Lipinski definition) is 0. The molecule has 2 aliphatic heterocycles. The lowest BCUT2D eigenvalue weighted by atomic mass is 9.92. The summed E-state index contributed by atoms with van der Waals surface area (Å²) >= 11 is 16.3. The van der Waals surface area contributed by atoms with Gasteiger partial charge in [-0.15, -0.1) is 0 Å². The quantitative estimate of drug-likeness (QED) is 0.267. The normalized spacial score (nSPS) is 21.4. The summed E-state index contributed by atoms with van der Waals surface area (Å²) in [7, 11) is 0. The van der Waals surface area contributed by atoms with Crippen molar-refractivity contribution < 1.29 is 9.66 Å². The molecule has 3 aromatic carbocycles. The zero-order valence-electron chi connectivity index (χ0n) is 16.8. The Hall–Kier alpha value is -2.61. The smallest absolute Gasteiger partial charge is 0.269 e. The summed E-state index contributed by atoms with van der Waals surface area (Å²) in [5.41, 5.74) is 2.48. The van der Waals surface area contributed by atoms with Crippen LogP contribution in [0.5, 0.6) is 5.75 Å². The van der Waals surface area contributed by atoms with Gasteiger partial charge in [-0.2, -0.15) is 5.10 Å². The van der Waals surface area contributed by atoms with E-state index in [1.54, 1.807) is 18.2 Å². The molecule has 9 heteroatoms. The van der Waals surface area contributed by atoms with E-state index in [9.17, 15) is 10.1 Å². The zero-order valence-corrected chi connectivity index (χ0v) is 19.9. The number of nitrogens with zero attached hydrogens (tertiary/aromatic N) is 3. The Morgan fingerprint density at radius 3 is 2.50 bits per heavy atom. The van der Waals surface area contributed by atoms with Gasteiger partial charge in [0.25, 0.3) is 5.69 Å². The van der Waals surface area contributed by atoms with Crippen molar-refractivity contribution in [3.63, 3.8) is 0 Å². The number of fused-ring (bicyclic) bond motifs is 3. The van der Waals surface area contributed by atoms with Gasteiger partial charge in [-0.3, -0.25) is 10.1 Å². The summed E-state index contributed by atoms with van der Waals surface area (Å²) in [5.74, 6) is 0.547. The first kappa shape index (κ1) is 21.2. The van der Waals surface area contributed by atoms with Crippen molar-refractivity contribution in [3.05, 3.63) is 102 Å². The van der Waals surface area contributed by atoms with Crippen LogP contribution in [0.1, 0.15) is 36.1 Å². The third-order valence-corrected chi connectivity index (χ3v) is 6.86. The van der Waals surface area contributed by atoms with Crippen molar-refractivity contribution in [2.75, 3.05) is 0 Å². The van der Waals surface area contributed by atoms with Crippen molar-refractivity contribution in [1.29, 1.82) is 0 Å². The van der Waals surface area contributed by atoms with Crippen LogP contribution in [0.4, 0.5) is 5.69 Å². The highest BCUT2D eigenvalue weighted by atomic mass is 79.9. The van der Waals surface area contributed by atoms with Crippen LogP contribution < -0.4 is 4.74 Å². The number of hydrazone groups is 1. The number of benzene rings is 3. The summed E-state index contributed by atoms with van der Waals surface area (Å²) in [6.45, 7) is 1.89. The highest BCUT2D eigenvalue weighted by Crippen LogP contribution is 2.53. The van der Waals surface area contributed by atoms with Gasteiger partial charge in [0, 0.05) is 46.1 Å². The van der Waals surface area contributed by atoms with Crippen molar-refractivity contribution in [2.24, 2.45) is 5.10 Å². The molecule has 0 aliphatic carbocycles. The zero-order chi connectivity index (χ0) is 22.6. The van der Waals surface area contributed by atoms with Gasteiger partial charge in [-0.05, 0) is 42.0 Å².